The van der Waals surface area contributed by atoms with Gasteiger partial charge >= 0.3 is 5.97 Å². The van der Waals surface area contributed by atoms with Crippen molar-refractivity contribution in [2.45, 2.75) is 0 Å². The average Bonchev–Trinajstić information content (AvgIpc) is 2.82. The van der Waals surface area contributed by atoms with Crippen molar-refractivity contribution in [3.8, 4) is 0 Å². The van der Waals surface area contributed by atoms with E-state index >= 15 is 0 Å². The van der Waals surface area contributed by atoms with Gasteiger partial charge < -0.3 is 10.4 Å². The minimum Gasteiger partial charge on any atom is -0.478 e. The monoisotopic (exact) mass is 369 g/mol. The van der Waals surface area contributed by atoms with Gasteiger partial charge in [-0.05, 0) is 52.3 Å². The number of halogens is 2. The molecule has 0 saturated heterocycles. The number of anilines is 1. The largest absolute Gasteiger partial charge is 0.478 e. The standard InChI is InChI=1S/C14H9BrFNO3S/c15-12-5-2-9(21-12)3-6-13(18)17-11-7-8(16)1-4-10(11)14(19)20/h1-7H,(H,17,18)(H,19,20)/b6-3+. The molecule has 108 valence electrons. The van der Waals surface area contributed by atoms with Crippen LogP contribution in [0.15, 0.2) is 40.2 Å². The Balaban J connectivity index is 2.14. The van der Waals surface area contributed by atoms with Crippen molar-refractivity contribution < 1.29 is 19.1 Å². The number of carboxylic acids is 1. The predicted molar refractivity (Wildman–Crippen MR) is 83.0 cm³/mol. The third-order valence-corrected chi connectivity index (χ3v) is 4.05. The van der Waals surface area contributed by atoms with Gasteiger partial charge in [0.1, 0.15) is 5.82 Å². The molecule has 1 amide bonds. The molecule has 0 aliphatic rings. The van der Waals surface area contributed by atoms with E-state index < -0.39 is 17.7 Å². The fraction of sp³-hybridized carbons (Fsp3) is 0. The molecule has 21 heavy (non-hydrogen) atoms. The molecular formula is C14H9BrFNO3S. The molecule has 1 heterocycles. The number of amides is 1. The van der Waals surface area contributed by atoms with Crippen molar-refractivity contribution in [3.63, 3.8) is 0 Å². The summed E-state index contributed by atoms with van der Waals surface area (Å²) in [4.78, 5) is 23.6. The lowest BCUT2D eigenvalue weighted by molar-refractivity contribution is -0.111. The van der Waals surface area contributed by atoms with E-state index in [1.165, 1.54) is 17.4 Å². The molecule has 0 bridgehead atoms. The van der Waals surface area contributed by atoms with Crippen LogP contribution in [0.4, 0.5) is 10.1 Å². The summed E-state index contributed by atoms with van der Waals surface area (Å²) in [7, 11) is 0. The number of hydrogen-bond acceptors (Lipinski definition) is 3. The molecule has 0 spiro atoms. The lowest BCUT2D eigenvalue weighted by Gasteiger charge is -2.06. The summed E-state index contributed by atoms with van der Waals surface area (Å²) < 4.78 is 14.1. The topological polar surface area (TPSA) is 66.4 Å². The molecule has 1 aromatic heterocycles. The lowest BCUT2D eigenvalue weighted by atomic mass is 10.1. The van der Waals surface area contributed by atoms with Crippen LogP contribution in [0.3, 0.4) is 0 Å². The number of carbonyl (C=O) groups excluding carboxylic acids is 1. The van der Waals surface area contributed by atoms with E-state index in [4.69, 9.17) is 5.11 Å². The lowest BCUT2D eigenvalue weighted by Crippen LogP contribution is -2.12. The number of benzene rings is 1. The Morgan fingerprint density at radius 3 is 2.67 bits per heavy atom. The van der Waals surface area contributed by atoms with Crippen LogP contribution >= 0.6 is 27.3 Å². The van der Waals surface area contributed by atoms with Crippen LogP contribution < -0.4 is 5.32 Å². The quantitative estimate of drug-likeness (QED) is 0.800. The first kappa shape index (κ1) is 15.4. The van der Waals surface area contributed by atoms with Gasteiger partial charge in [-0.2, -0.15) is 0 Å². The molecule has 0 fully saturated rings. The zero-order valence-corrected chi connectivity index (χ0v) is 12.9. The first-order chi connectivity index (χ1) is 9.95. The Kier molecular flexibility index (Phi) is 4.87. The highest BCUT2D eigenvalue weighted by Crippen LogP contribution is 2.23. The van der Waals surface area contributed by atoms with Crippen LogP contribution in [0.25, 0.3) is 6.08 Å². The van der Waals surface area contributed by atoms with Gasteiger partial charge in [-0.1, -0.05) is 0 Å². The summed E-state index contributed by atoms with van der Waals surface area (Å²) in [6.45, 7) is 0. The van der Waals surface area contributed by atoms with Gasteiger partial charge in [0.05, 0.1) is 15.0 Å². The zero-order chi connectivity index (χ0) is 15.4. The third-order valence-electron chi connectivity index (χ3n) is 2.46. The molecule has 0 atom stereocenters. The van der Waals surface area contributed by atoms with E-state index in [0.29, 0.717) is 0 Å². The Bertz CT molecular complexity index is 727. The number of hydrogen-bond donors (Lipinski definition) is 2. The number of thiophene rings is 1. The Labute approximate surface area is 132 Å². The normalized spacial score (nSPS) is 10.8. The van der Waals surface area contributed by atoms with Gasteiger partial charge in [-0.3, -0.25) is 4.79 Å². The first-order valence-corrected chi connectivity index (χ1v) is 7.34. The smallest absolute Gasteiger partial charge is 0.337 e. The van der Waals surface area contributed by atoms with Gasteiger partial charge in [-0.25, -0.2) is 9.18 Å². The van der Waals surface area contributed by atoms with E-state index in [9.17, 15) is 14.0 Å². The summed E-state index contributed by atoms with van der Waals surface area (Å²) in [5.74, 6) is -2.40. The van der Waals surface area contributed by atoms with Crippen LogP contribution in [-0.4, -0.2) is 17.0 Å². The van der Waals surface area contributed by atoms with Gasteiger partial charge in [0.2, 0.25) is 5.91 Å². The molecule has 2 N–H and O–H groups in total. The highest BCUT2D eigenvalue weighted by molar-refractivity contribution is 9.11. The maximum atomic E-state index is 13.1. The number of nitrogens with one attached hydrogen (secondary N) is 1. The molecular weight excluding hydrogens is 361 g/mol. The molecule has 0 unspecified atom stereocenters. The van der Waals surface area contributed by atoms with Crippen molar-refractivity contribution in [3.05, 3.63) is 56.5 Å². The molecule has 1 aromatic carbocycles. The Morgan fingerprint density at radius 2 is 2.05 bits per heavy atom. The molecule has 0 aliphatic carbocycles. The first-order valence-electron chi connectivity index (χ1n) is 5.73. The van der Waals surface area contributed by atoms with E-state index in [1.807, 2.05) is 12.1 Å². The SMILES string of the molecule is O=C(/C=C/c1ccc(Br)s1)Nc1cc(F)ccc1C(=O)O. The number of rotatable bonds is 4. The van der Waals surface area contributed by atoms with Crippen LogP contribution in [0.2, 0.25) is 0 Å². The second kappa shape index (κ2) is 6.64. The number of carbonyl (C=O) groups is 2. The highest BCUT2D eigenvalue weighted by atomic mass is 79.9. The third kappa shape index (κ3) is 4.24. The highest BCUT2D eigenvalue weighted by Gasteiger charge is 2.12. The van der Waals surface area contributed by atoms with Gasteiger partial charge in [0.15, 0.2) is 0 Å². The van der Waals surface area contributed by atoms with E-state index in [0.717, 1.165) is 26.9 Å². The second-order valence-electron chi connectivity index (χ2n) is 3.96. The summed E-state index contributed by atoms with van der Waals surface area (Å²) in [6.07, 6.45) is 2.85. The Morgan fingerprint density at radius 1 is 1.29 bits per heavy atom. The Hall–Kier alpha value is -1.99. The van der Waals surface area contributed by atoms with E-state index in [2.05, 4.69) is 21.2 Å². The molecule has 7 heteroatoms. The van der Waals surface area contributed by atoms with Crippen molar-refractivity contribution in [2.75, 3.05) is 5.32 Å². The fourth-order valence-corrected chi connectivity index (χ4v) is 2.88. The van der Waals surface area contributed by atoms with Crippen molar-refractivity contribution in [2.24, 2.45) is 0 Å². The van der Waals surface area contributed by atoms with Crippen molar-refractivity contribution in [1.29, 1.82) is 0 Å². The summed E-state index contributed by atoms with van der Waals surface area (Å²) in [5, 5.41) is 11.3. The van der Waals surface area contributed by atoms with Gasteiger partial charge in [-0.15, -0.1) is 11.3 Å². The van der Waals surface area contributed by atoms with Crippen LogP contribution in [0, 0.1) is 5.82 Å². The maximum Gasteiger partial charge on any atom is 0.337 e. The maximum absolute atomic E-state index is 13.1. The summed E-state index contributed by atoms with van der Waals surface area (Å²) in [6, 6.07) is 6.77. The van der Waals surface area contributed by atoms with Crippen LogP contribution in [-0.2, 0) is 4.79 Å². The van der Waals surface area contributed by atoms with Crippen molar-refractivity contribution >= 4 is 50.9 Å². The van der Waals surface area contributed by atoms with Gasteiger partial charge in [0.25, 0.3) is 0 Å². The minimum atomic E-state index is -1.24. The number of aromatic carboxylic acids is 1. The zero-order valence-electron chi connectivity index (χ0n) is 10.5. The fourth-order valence-electron chi connectivity index (χ4n) is 1.56. The van der Waals surface area contributed by atoms with E-state index in [-0.39, 0.29) is 11.3 Å². The van der Waals surface area contributed by atoms with Gasteiger partial charge in [0, 0.05) is 11.0 Å². The number of carboxylic acid groups (broad SMARTS) is 1. The molecule has 0 saturated carbocycles. The molecule has 0 radical (unpaired) electrons. The van der Waals surface area contributed by atoms with E-state index in [1.54, 1.807) is 6.08 Å². The predicted octanol–water partition coefficient (Wildman–Crippen LogP) is 4.00. The van der Waals surface area contributed by atoms with Crippen LogP contribution in [0.1, 0.15) is 15.2 Å². The minimum absolute atomic E-state index is 0.0792. The molecule has 2 rings (SSSR count). The van der Waals surface area contributed by atoms with Crippen molar-refractivity contribution in [1.82, 2.24) is 0 Å². The average molecular weight is 370 g/mol. The van der Waals surface area contributed by atoms with Crippen LogP contribution in [0.5, 0.6) is 0 Å². The molecule has 4 nitrogen and oxygen atoms in total. The second-order valence-corrected chi connectivity index (χ2v) is 6.45. The molecule has 0 aliphatic heterocycles. The summed E-state index contributed by atoms with van der Waals surface area (Å²) in [5.41, 5.74) is -0.249. The molecule has 2 aromatic rings. The summed E-state index contributed by atoms with van der Waals surface area (Å²) >= 11 is 4.75.